The number of carbonyl (C=O) groups is 1. The second-order valence-corrected chi connectivity index (χ2v) is 6.24. The van der Waals surface area contributed by atoms with Crippen LogP contribution in [0.2, 0.25) is 0 Å². The molecule has 0 aliphatic carbocycles. The minimum absolute atomic E-state index is 0.0692. The van der Waals surface area contributed by atoms with Gasteiger partial charge in [-0.3, -0.25) is 4.79 Å². The number of nitrogens with one attached hydrogen (secondary N) is 2. The number of likely N-dealkylation sites (tertiary alicyclic amines) is 1. The molecule has 0 atom stereocenters. The zero-order valence-corrected chi connectivity index (χ0v) is 13.5. The highest BCUT2D eigenvalue weighted by atomic mass is 16.5. The fourth-order valence-corrected chi connectivity index (χ4v) is 3.19. The number of methoxy groups -OCH3 is 1. The Morgan fingerprint density at radius 2 is 2.05 bits per heavy atom. The van der Waals surface area contributed by atoms with Crippen molar-refractivity contribution in [2.75, 3.05) is 34.3 Å². The Bertz CT molecular complexity index is 672. The van der Waals surface area contributed by atoms with Gasteiger partial charge >= 0.3 is 0 Å². The van der Waals surface area contributed by atoms with Crippen LogP contribution in [-0.4, -0.2) is 56.1 Å². The van der Waals surface area contributed by atoms with Gasteiger partial charge in [0.05, 0.1) is 27.2 Å². The number of hydrogen-bond acceptors (Lipinski definition) is 2. The lowest BCUT2D eigenvalue weighted by molar-refractivity contribution is -0.885. The first kappa shape index (κ1) is 14.9. The fraction of sp³-hybridized carbons (Fsp3) is 0.471. The monoisotopic (exact) mass is 302 g/mol. The molecule has 1 saturated heterocycles. The summed E-state index contributed by atoms with van der Waals surface area (Å²) >= 11 is 0. The number of rotatable bonds is 3. The molecule has 1 aliphatic rings. The molecule has 0 bridgehead atoms. The third-order valence-electron chi connectivity index (χ3n) is 4.74. The Hall–Kier alpha value is -2.01. The van der Waals surface area contributed by atoms with E-state index in [-0.39, 0.29) is 5.91 Å². The first-order chi connectivity index (χ1) is 10.6. The van der Waals surface area contributed by atoms with Gasteiger partial charge in [-0.1, -0.05) is 0 Å². The molecule has 0 spiro atoms. The molecule has 2 aromatic rings. The van der Waals surface area contributed by atoms with E-state index in [0.717, 1.165) is 42.6 Å². The first-order valence-corrected chi connectivity index (χ1v) is 7.83. The maximum atomic E-state index is 12.7. The molecular weight excluding hydrogens is 278 g/mol. The quantitative estimate of drug-likeness (QED) is 0.886. The van der Waals surface area contributed by atoms with Crippen LogP contribution in [0.5, 0.6) is 5.75 Å². The highest BCUT2D eigenvalue weighted by Gasteiger charge is 2.27. The number of nitrogens with zero attached hydrogens (tertiary/aromatic N) is 1. The van der Waals surface area contributed by atoms with Crippen molar-refractivity contribution in [3.63, 3.8) is 0 Å². The minimum atomic E-state index is 0.0692. The van der Waals surface area contributed by atoms with E-state index in [1.807, 2.05) is 36.2 Å². The number of aromatic nitrogens is 1. The summed E-state index contributed by atoms with van der Waals surface area (Å²) in [5.41, 5.74) is 1.61. The van der Waals surface area contributed by atoms with Crippen molar-refractivity contribution in [1.29, 1.82) is 0 Å². The molecule has 0 saturated carbocycles. The van der Waals surface area contributed by atoms with Gasteiger partial charge in [0, 0.05) is 36.8 Å². The number of benzene rings is 1. The van der Waals surface area contributed by atoms with Crippen LogP contribution in [0, 0.1) is 0 Å². The van der Waals surface area contributed by atoms with E-state index < -0.39 is 0 Å². The van der Waals surface area contributed by atoms with E-state index in [1.54, 1.807) is 12.0 Å². The average Bonchev–Trinajstić information content (AvgIpc) is 2.97. The van der Waals surface area contributed by atoms with Crippen LogP contribution < -0.4 is 9.64 Å². The Labute approximate surface area is 130 Å². The van der Waals surface area contributed by atoms with Crippen LogP contribution in [0.4, 0.5) is 0 Å². The number of carbonyl (C=O) groups excluding carboxylic acids is 1. The lowest BCUT2D eigenvalue weighted by Crippen LogP contribution is -3.10. The molecule has 22 heavy (non-hydrogen) atoms. The molecule has 1 aromatic heterocycles. The zero-order valence-electron chi connectivity index (χ0n) is 13.5. The molecule has 1 aliphatic heterocycles. The van der Waals surface area contributed by atoms with Crippen LogP contribution in [0.25, 0.3) is 10.9 Å². The molecule has 2 heterocycles. The molecule has 5 heteroatoms. The predicted molar refractivity (Wildman–Crippen MR) is 86.6 cm³/mol. The van der Waals surface area contributed by atoms with Crippen molar-refractivity contribution < 1.29 is 14.4 Å². The molecular formula is C17H24N3O2+. The predicted octanol–water partition coefficient (Wildman–Crippen LogP) is 0.926. The Morgan fingerprint density at radius 3 is 2.73 bits per heavy atom. The Kier molecular flexibility index (Phi) is 4.07. The van der Waals surface area contributed by atoms with E-state index in [0.29, 0.717) is 11.7 Å². The van der Waals surface area contributed by atoms with Crippen molar-refractivity contribution in [3.05, 3.63) is 30.0 Å². The number of quaternary nitrogens is 1. The van der Waals surface area contributed by atoms with E-state index in [4.69, 9.17) is 4.74 Å². The van der Waals surface area contributed by atoms with Crippen molar-refractivity contribution >= 4 is 16.8 Å². The molecule has 0 unspecified atom stereocenters. The first-order valence-electron chi connectivity index (χ1n) is 7.83. The van der Waals surface area contributed by atoms with Crippen LogP contribution in [0.15, 0.2) is 24.3 Å². The number of H-pyrrole nitrogens is 1. The van der Waals surface area contributed by atoms with Gasteiger partial charge in [0.2, 0.25) is 0 Å². The van der Waals surface area contributed by atoms with Gasteiger partial charge in [0.25, 0.3) is 5.91 Å². The van der Waals surface area contributed by atoms with Gasteiger partial charge in [0.1, 0.15) is 11.4 Å². The third kappa shape index (κ3) is 2.81. The van der Waals surface area contributed by atoms with Gasteiger partial charge in [-0.05, 0) is 24.3 Å². The van der Waals surface area contributed by atoms with Gasteiger partial charge in [-0.25, -0.2) is 0 Å². The third-order valence-corrected chi connectivity index (χ3v) is 4.74. The normalized spacial score (nSPS) is 21.8. The number of piperidine rings is 1. The second-order valence-electron chi connectivity index (χ2n) is 6.24. The molecule has 1 fully saturated rings. The number of aromatic amines is 1. The smallest absolute Gasteiger partial charge is 0.270 e. The highest BCUT2D eigenvalue weighted by Crippen LogP contribution is 2.22. The summed E-state index contributed by atoms with van der Waals surface area (Å²) in [5.74, 6) is 0.872. The molecule has 2 N–H and O–H groups in total. The summed E-state index contributed by atoms with van der Waals surface area (Å²) in [5, 5.41) is 1.00. The Morgan fingerprint density at radius 1 is 1.32 bits per heavy atom. The maximum absolute atomic E-state index is 12.7. The summed E-state index contributed by atoms with van der Waals surface area (Å²) in [6, 6.07) is 8.05. The molecule has 1 amide bonds. The lowest BCUT2D eigenvalue weighted by Gasteiger charge is -2.33. The van der Waals surface area contributed by atoms with Crippen LogP contribution in [-0.2, 0) is 0 Å². The van der Waals surface area contributed by atoms with E-state index >= 15 is 0 Å². The lowest BCUT2D eigenvalue weighted by atomic mass is 10.0. The van der Waals surface area contributed by atoms with Gasteiger partial charge in [-0.2, -0.15) is 0 Å². The summed E-state index contributed by atoms with van der Waals surface area (Å²) in [6.45, 7) is 2.26. The topological polar surface area (TPSA) is 49.8 Å². The van der Waals surface area contributed by atoms with Crippen molar-refractivity contribution in [1.82, 2.24) is 9.88 Å². The van der Waals surface area contributed by atoms with Gasteiger partial charge < -0.3 is 19.5 Å². The average molecular weight is 302 g/mol. The zero-order chi connectivity index (χ0) is 15.7. The van der Waals surface area contributed by atoms with Crippen molar-refractivity contribution in [3.8, 4) is 5.75 Å². The van der Waals surface area contributed by atoms with Gasteiger partial charge in [0.15, 0.2) is 0 Å². The number of fused-ring (bicyclic) bond motifs is 1. The number of amides is 1. The molecule has 118 valence electrons. The van der Waals surface area contributed by atoms with Crippen LogP contribution in [0.1, 0.15) is 23.3 Å². The van der Waals surface area contributed by atoms with Gasteiger partial charge in [-0.15, -0.1) is 0 Å². The van der Waals surface area contributed by atoms with E-state index in [2.05, 4.69) is 12.0 Å². The largest absolute Gasteiger partial charge is 0.497 e. The summed E-state index contributed by atoms with van der Waals surface area (Å²) in [4.78, 5) is 19.4. The standard InChI is InChI=1S/C17H23N3O2/c1-19-8-6-13(7-9-19)20(2)17(21)16-11-12-10-14(22-3)4-5-15(12)18-16/h4-5,10-11,13,18H,6-9H2,1-3H3/p+1. The van der Waals surface area contributed by atoms with E-state index in [9.17, 15) is 4.79 Å². The number of ether oxygens (including phenoxy) is 1. The van der Waals surface area contributed by atoms with Crippen molar-refractivity contribution in [2.45, 2.75) is 18.9 Å². The fourth-order valence-electron chi connectivity index (χ4n) is 3.19. The summed E-state index contributed by atoms with van der Waals surface area (Å²) in [7, 11) is 5.78. The maximum Gasteiger partial charge on any atom is 0.270 e. The minimum Gasteiger partial charge on any atom is -0.497 e. The number of hydrogen-bond donors (Lipinski definition) is 2. The van der Waals surface area contributed by atoms with Crippen molar-refractivity contribution in [2.24, 2.45) is 0 Å². The van der Waals surface area contributed by atoms with Crippen LogP contribution >= 0.6 is 0 Å². The van der Waals surface area contributed by atoms with E-state index in [1.165, 1.54) is 0 Å². The highest BCUT2D eigenvalue weighted by molar-refractivity contribution is 5.98. The van der Waals surface area contributed by atoms with Crippen LogP contribution in [0.3, 0.4) is 0 Å². The summed E-state index contributed by atoms with van der Waals surface area (Å²) in [6.07, 6.45) is 2.14. The molecule has 3 rings (SSSR count). The molecule has 0 radical (unpaired) electrons. The molecule has 1 aromatic carbocycles. The summed E-state index contributed by atoms with van der Waals surface area (Å²) < 4.78 is 5.23. The Balaban J connectivity index is 1.79. The second kappa shape index (κ2) is 6.01. The molecule has 5 nitrogen and oxygen atoms in total. The SMILES string of the molecule is COc1ccc2[nH]c(C(=O)N(C)C3CC[NH+](C)CC3)cc2c1.